The minimum Gasteiger partial charge on any atom is -0.497 e. The average molecular weight is 228 g/mol. The summed E-state index contributed by atoms with van der Waals surface area (Å²) in [5, 5.41) is 1.83. The standard InChI is InChI=1S/C12H12N4O/c1-6-14-11(13)10-8-5-7(17-2)3-4-9(8)16-12(10)15-6/h3-5H,1-2H3,(H3,13,14,15,16). The molecule has 0 saturated carbocycles. The quantitative estimate of drug-likeness (QED) is 0.668. The van der Waals surface area contributed by atoms with Gasteiger partial charge in [-0.25, -0.2) is 9.97 Å². The number of hydrogen-bond donors (Lipinski definition) is 2. The van der Waals surface area contributed by atoms with Gasteiger partial charge in [0.2, 0.25) is 0 Å². The fraction of sp³-hybridized carbons (Fsp3) is 0.167. The number of nitrogens with zero attached hydrogens (tertiary/aromatic N) is 2. The maximum atomic E-state index is 5.95. The largest absolute Gasteiger partial charge is 0.497 e. The van der Waals surface area contributed by atoms with E-state index in [1.54, 1.807) is 7.11 Å². The number of rotatable bonds is 1. The van der Waals surface area contributed by atoms with Crippen molar-refractivity contribution in [2.75, 3.05) is 12.8 Å². The number of hydrogen-bond acceptors (Lipinski definition) is 4. The molecule has 0 aliphatic carbocycles. The van der Waals surface area contributed by atoms with Gasteiger partial charge in [-0.3, -0.25) is 0 Å². The van der Waals surface area contributed by atoms with Crippen molar-refractivity contribution >= 4 is 27.8 Å². The Morgan fingerprint density at radius 3 is 2.88 bits per heavy atom. The molecule has 0 atom stereocenters. The van der Waals surface area contributed by atoms with Crippen LogP contribution in [-0.4, -0.2) is 22.1 Å². The first-order valence-electron chi connectivity index (χ1n) is 5.28. The van der Waals surface area contributed by atoms with E-state index in [2.05, 4.69) is 15.0 Å². The third-order valence-electron chi connectivity index (χ3n) is 2.80. The van der Waals surface area contributed by atoms with Crippen LogP contribution in [0.3, 0.4) is 0 Å². The number of aryl methyl sites for hydroxylation is 1. The van der Waals surface area contributed by atoms with Crippen molar-refractivity contribution in [2.45, 2.75) is 6.92 Å². The third kappa shape index (κ3) is 1.39. The molecular weight excluding hydrogens is 216 g/mol. The Hall–Kier alpha value is -2.30. The lowest BCUT2D eigenvalue weighted by Gasteiger charge is -2.00. The third-order valence-corrected chi connectivity index (χ3v) is 2.80. The summed E-state index contributed by atoms with van der Waals surface area (Å²) < 4.78 is 5.21. The van der Waals surface area contributed by atoms with E-state index in [9.17, 15) is 0 Å². The summed E-state index contributed by atoms with van der Waals surface area (Å²) in [7, 11) is 1.64. The van der Waals surface area contributed by atoms with Crippen molar-refractivity contribution in [3.8, 4) is 5.75 Å². The Kier molecular flexibility index (Phi) is 1.95. The highest BCUT2D eigenvalue weighted by Gasteiger charge is 2.11. The number of aromatic nitrogens is 3. The molecule has 3 rings (SSSR count). The van der Waals surface area contributed by atoms with Crippen molar-refractivity contribution in [2.24, 2.45) is 0 Å². The highest BCUT2D eigenvalue weighted by atomic mass is 16.5. The van der Waals surface area contributed by atoms with Gasteiger partial charge >= 0.3 is 0 Å². The summed E-state index contributed by atoms with van der Waals surface area (Å²) in [6, 6.07) is 5.78. The van der Waals surface area contributed by atoms with Crippen molar-refractivity contribution in [3.05, 3.63) is 24.0 Å². The predicted molar refractivity (Wildman–Crippen MR) is 67.1 cm³/mol. The lowest BCUT2D eigenvalue weighted by Crippen LogP contribution is -1.96. The number of nitrogens with one attached hydrogen (secondary N) is 1. The van der Waals surface area contributed by atoms with Gasteiger partial charge in [0.25, 0.3) is 0 Å². The lowest BCUT2D eigenvalue weighted by atomic mass is 10.2. The van der Waals surface area contributed by atoms with Crippen molar-refractivity contribution < 1.29 is 4.74 Å². The number of aromatic amines is 1. The molecule has 17 heavy (non-hydrogen) atoms. The number of benzene rings is 1. The van der Waals surface area contributed by atoms with Crippen LogP contribution in [0.1, 0.15) is 5.82 Å². The molecule has 2 aromatic heterocycles. The van der Waals surface area contributed by atoms with Gasteiger partial charge in [-0.05, 0) is 25.1 Å². The minimum absolute atomic E-state index is 0.493. The number of ether oxygens (including phenoxy) is 1. The Morgan fingerprint density at radius 2 is 2.12 bits per heavy atom. The molecule has 0 amide bonds. The SMILES string of the molecule is COc1ccc2[nH]c3nc(C)nc(N)c3c2c1. The topological polar surface area (TPSA) is 76.8 Å². The van der Waals surface area contributed by atoms with Gasteiger partial charge in [0.15, 0.2) is 0 Å². The van der Waals surface area contributed by atoms with Crippen LogP contribution in [0.15, 0.2) is 18.2 Å². The molecule has 0 spiro atoms. The highest BCUT2D eigenvalue weighted by Crippen LogP contribution is 2.30. The van der Waals surface area contributed by atoms with Crippen LogP contribution in [0.5, 0.6) is 5.75 Å². The predicted octanol–water partition coefficient (Wildman–Crippen LogP) is 2.01. The molecule has 1 aromatic carbocycles. The molecule has 2 heterocycles. The molecule has 3 aromatic rings. The molecule has 3 N–H and O–H groups in total. The van der Waals surface area contributed by atoms with Gasteiger partial charge in [0, 0.05) is 10.9 Å². The number of methoxy groups -OCH3 is 1. The number of fused-ring (bicyclic) bond motifs is 3. The Morgan fingerprint density at radius 1 is 1.29 bits per heavy atom. The van der Waals surface area contributed by atoms with E-state index < -0.39 is 0 Å². The second-order valence-electron chi connectivity index (χ2n) is 3.92. The van der Waals surface area contributed by atoms with E-state index in [1.807, 2.05) is 25.1 Å². The Bertz CT molecular complexity index is 717. The smallest absolute Gasteiger partial charge is 0.144 e. The van der Waals surface area contributed by atoms with E-state index in [-0.39, 0.29) is 0 Å². The summed E-state index contributed by atoms with van der Waals surface area (Å²) in [6.07, 6.45) is 0. The van der Waals surface area contributed by atoms with E-state index in [1.165, 1.54) is 0 Å². The molecule has 0 radical (unpaired) electrons. The van der Waals surface area contributed by atoms with Gasteiger partial charge in [-0.1, -0.05) is 0 Å². The van der Waals surface area contributed by atoms with Gasteiger partial charge in [-0.2, -0.15) is 0 Å². The van der Waals surface area contributed by atoms with E-state index in [0.29, 0.717) is 11.6 Å². The second kappa shape index (κ2) is 3.35. The molecule has 0 fully saturated rings. The molecular formula is C12H12N4O. The first-order chi connectivity index (χ1) is 8.19. The van der Waals surface area contributed by atoms with E-state index >= 15 is 0 Å². The van der Waals surface area contributed by atoms with Crippen LogP contribution in [0.2, 0.25) is 0 Å². The highest BCUT2D eigenvalue weighted by molar-refractivity contribution is 6.11. The van der Waals surface area contributed by atoms with Crippen molar-refractivity contribution in [1.82, 2.24) is 15.0 Å². The van der Waals surface area contributed by atoms with Crippen LogP contribution in [0.25, 0.3) is 21.9 Å². The zero-order valence-corrected chi connectivity index (χ0v) is 9.61. The average Bonchev–Trinajstić information content (AvgIpc) is 2.65. The Labute approximate surface area is 97.6 Å². The van der Waals surface area contributed by atoms with Gasteiger partial charge in [-0.15, -0.1) is 0 Å². The number of nitrogen functional groups attached to an aromatic ring is 1. The summed E-state index contributed by atoms with van der Waals surface area (Å²) >= 11 is 0. The van der Waals surface area contributed by atoms with Crippen molar-refractivity contribution in [1.29, 1.82) is 0 Å². The van der Waals surface area contributed by atoms with Crippen molar-refractivity contribution in [3.63, 3.8) is 0 Å². The summed E-state index contributed by atoms with van der Waals surface area (Å²) in [6.45, 7) is 1.82. The summed E-state index contributed by atoms with van der Waals surface area (Å²) in [5.41, 5.74) is 7.69. The zero-order valence-electron chi connectivity index (χ0n) is 9.61. The maximum absolute atomic E-state index is 5.95. The van der Waals surface area contributed by atoms with Crippen LogP contribution in [0.4, 0.5) is 5.82 Å². The number of H-pyrrole nitrogens is 1. The van der Waals surface area contributed by atoms with E-state index in [4.69, 9.17) is 10.5 Å². The number of anilines is 1. The molecule has 0 saturated heterocycles. The van der Waals surface area contributed by atoms with Crippen LogP contribution >= 0.6 is 0 Å². The maximum Gasteiger partial charge on any atom is 0.144 e. The van der Waals surface area contributed by atoms with E-state index in [0.717, 1.165) is 27.7 Å². The van der Waals surface area contributed by atoms with Gasteiger partial charge in [0.05, 0.1) is 12.5 Å². The minimum atomic E-state index is 0.493. The van der Waals surface area contributed by atoms with Crippen LogP contribution in [-0.2, 0) is 0 Å². The zero-order chi connectivity index (χ0) is 12.0. The fourth-order valence-electron chi connectivity index (χ4n) is 2.04. The molecule has 0 bridgehead atoms. The summed E-state index contributed by atoms with van der Waals surface area (Å²) in [5.74, 6) is 1.94. The Balaban J connectivity index is 2.48. The molecule has 5 heteroatoms. The molecule has 86 valence electrons. The first-order valence-corrected chi connectivity index (χ1v) is 5.28. The molecule has 0 aliphatic heterocycles. The van der Waals surface area contributed by atoms with Crippen LogP contribution < -0.4 is 10.5 Å². The number of nitrogens with two attached hydrogens (primary N) is 1. The monoisotopic (exact) mass is 228 g/mol. The van der Waals surface area contributed by atoms with Crippen LogP contribution in [0, 0.1) is 6.92 Å². The van der Waals surface area contributed by atoms with Gasteiger partial charge < -0.3 is 15.5 Å². The molecule has 5 nitrogen and oxygen atoms in total. The molecule has 0 unspecified atom stereocenters. The second-order valence-corrected chi connectivity index (χ2v) is 3.92. The lowest BCUT2D eigenvalue weighted by molar-refractivity contribution is 0.415. The summed E-state index contributed by atoms with van der Waals surface area (Å²) in [4.78, 5) is 11.8. The molecule has 0 aliphatic rings. The van der Waals surface area contributed by atoms with Gasteiger partial charge in [0.1, 0.15) is 23.0 Å². The first kappa shape index (κ1) is 9.89. The normalized spacial score (nSPS) is 11.2. The fourth-order valence-corrected chi connectivity index (χ4v) is 2.04.